The molecule has 0 unspecified atom stereocenters. The predicted octanol–water partition coefficient (Wildman–Crippen LogP) is 4.36. The molecule has 0 fully saturated rings. The Morgan fingerprint density at radius 1 is 1.11 bits per heavy atom. The number of hydrogen-bond acceptors (Lipinski definition) is 2. The molecule has 0 saturated heterocycles. The lowest BCUT2D eigenvalue weighted by molar-refractivity contribution is 0.0921. The second kappa shape index (κ2) is 6.03. The first-order valence-electron chi connectivity index (χ1n) is 5.33. The van der Waals surface area contributed by atoms with Gasteiger partial charge in [0.1, 0.15) is 5.75 Å². The van der Waals surface area contributed by atoms with Crippen LogP contribution < -0.4 is 4.74 Å². The molecule has 0 heterocycles. The van der Waals surface area contributed by atoms with Gasteiger partial charge in [-0.3, -0.25) is 4.79 Å². The summed E-state index contributed by atoms with van der Waals surface area (Å²) in [6.07, 6.45) is 0. The molecule has 0 spiro atoms. The summed E-state index contributed by atoms with van der Waals surface area (Å²) in [5, 5.41) is 0.498. The van der Waals surface area contributed by atoms with Crippen molar-refractivity contribution in [3.8, 4) is 5.75 Å². The van der Waals surface area contributed by atoms with Crippen LogP contribution in [-0.2, 0) is 0 Å². The van der Waals surface area contributed by atoms with Crippen LogP contribution >= 0.6 is 27.5 Å². The van der Waals surface area contributed by atoms with Crippen molar-refractivity contribution < 1.29 is 9.53 Å². The third kappa shape index (κ3) is 3.12. The molecule has 92 valence electrons. The summed E-state index contributed by atoms with van der Waals surface area (Å²) in [4.78, 5) is 12.0. The fourth-order valence-corrected chi connectivity index (χ4v) is 2.17. The fourth-order valence-electron chi connectivity index (χ4n) is 1.47. The number of para-hydroxylation sites is 1. The van der Waals surface area contributed by atoms with Crippen LogP contribution in [0.2, 0.25) is 5.02 Å². The van der Waals surface area contributed by atoms with Crippen molar-refractivity contribution in [3.05, 3.63) is 63.6 Å². The van der Waals surface area contributed by atoms with E-state index in [0.29, 0.717) is 16.3 Å². The van der Waals surface area contributed by atoms with E-state index >= 15 is 0 Å². The van der Waals surface area contributed by atoms with E-state index in [1.54, 1.807) is 18.2 Å². The fraction of sp³-hybridized carbons (Fsp3) is 0.0714. The molecule has 2 nitrogen and oxygen atoms in total. The standard InChI is InChI=1S/C14H10BrClO2/c15-11-6-2-1-5-10(11)13(17)9-18-14-8-4-3-7-12(14)16/h1-8H,9H2. The second-order valence-electron chi connectivity index (χ2n) is 3.62. The maximum atomic E-state index is 12.0. The van der Waals surface area contributed by atoms with E-state index in [0.717, 1.165) is 4.47 Å². The molecule has 18 heavy (non-hydrogen) atoms. The van der Waals surface area contributed by atoms with Crippen LogP contribution in [0.5, 0.6) is 5.75 Å². The number of ketones is 1. The molecular weight excluding hydrogens is 316 g/mol. The van der Waals surface area contributed by atoms with E-state index in [9.17, 15) is 4.79 Å². The normalized spacial score (nSPS) is 10.1. The van der Waals surface area contributed by atoms with Gasteiger partial charge < -0.3 is 4.74 Å². The maximum Gasteiger partial charge on any atom is 0.201 e. The van der Waals surface area contributed by atoms with Crippen molar-refractivity contribution in [2.75, 3.05) is 6.61 Å². The quantitative estimate of drug-likeness (QED) is 0.781. The van der Waals surface area contributed by atoms with Crippen molar-refractivity contribution >= 4 is 33.3 Å². The molecular formula is C14H10BrClO2. The molecule has 0 atom stereocenters. The van der Waals surface area contributed by atoms with E-state index in [1.807, 2.05) is 30.3 Å². The Hall–Kier alpha value is -1.32. The SMILES string of the molecule is O=C(COc1ccccc1Cl)c1ccccc1Br. The summed E-state index contributed by atoms with van der Waals surface area (Å²) in [6, 6.07) is 14.3. The molecule has 0 aliphatic heterocycles. The number of hydrogen-bond donors (Lipinski definition) is 0. The Kier molecular flexibility index (Phi) is 4.39. The monoisotopic (exact) mass is 324 g/mol. The first kappa shape index (κ1) is 13.1. The molecule has 0 aliphatic carbocycles. The number of Topliss-reactive ketones (excluding diaryl/α,β-unsaturated/α-hetero) is 1. The number of carbonyl (C=O) groups is 1. The second-order valence-corrected chi connectivity index (χ2v) is 4.88. The first-order valence-corrected chi connectivity index (χ1v) is 6.50. The summed E-state index contributed by atoms with van der Waals surface area (Å²) >= 11 is 9.27. The summed E-state index contributed by atoms with van der Waals surface area (Å²) in [7, 11) is 0. The highest BCUT2D eigenvalue weighted by molar-refractivity contribution is 9.10. The van der Waals surface area contributed by atoms with Crippen LogP contribution in [-0.4, -0.2) is 12.4 Å². The third-order valence-corrected chi connectivity index (χ3v) is 3.37. The smallest absolute Gasteiger partial charge is 0.201 e. The lowest BCUT2D eigenvalue weighted by atomic mass is 10.1. The number of carbonyl (C=O) groups excluding carboxylic acids is 1. The van der Waals surface area contributed by atoms with Crippen molar-refractivity contribution in [1.82, 2.24) is 0 Å². The van der Waals surface area contributed by atoms with Gasteiger partial charge in [-0.1, -0.05) is 57.9 Å². The zero-order chi connectivity index (χ0) is 13.0. The minimum absolute atomic E-state index is 0.0354. The Morgan fingerprint density at radius 2 is 1.78 bits per heavy atom. The average Bonchev–Trinajstić information content (AvgIpc) is 2.38. The van der Waals surface area contributed by atoms with Crippen molar-refractivity contribution in [1.29, 1.82) is 0 Å². The maximum absolute atomic E-state index is 12.0. The van der Waals surface area contributed by atoms with Gasteiger partial charge in [-0.25, -0.2) is 0 Å². The Balaban J connectivity index is 2.06. The lowest BCUT2D eigenvalue weighted by Gasteiger charge is -2.07. The summed E-state index contributed by atoms with van der Waals surface area (Å²) < 4.78 is 6.17. The van der Waals surface area contributed by atoms with Gasteiger partial charge in [-0.15, -0.1) is 0 Å². The molecule has 0 saturated carbocycles. The Morgan fingerprint density at radius 3 is 2.50 bits per heavy atom. The molecule has 0 N–H and O–H groups in total. The molecule has 0 amide bonds. The van der Waals surface area contributed by atoms with Crippen LogP contribution in [0.25, 0.3) is 0 Å². The number of benzene rings is 2. The van der Waals surface area contributed by atoms with Gasteiger partial charge in [0.15, 0.2) is 6.61 Å². The van der Waals surface area contributed by atoms with Crippen LogP contribution in [0.3, 0.4) is 0 Å². The zero-order valence-corrected chi connectivity index (χ0v) is 11.7. The number of halogens is 2. The molecule has 2 rings (SSSR count). The Bertz CT molecular complexity index is 569. The van der Waals surface area contributed by atoms with Crippen molar-refractivity contribution in [2.24, 2.45) is 0 Å². The molecule has 2 aromatic carbocycles. The number of ether oxygens (including phenoxy) is 1. The highest BCUT2D eigenvalue weighted by atomic mass is 79.9. The van der Waals surface area contributed by atoms with Crippen LogP contribution in [0.1, 0.15) is 10.4 Å². The zero-order valence-electron chi connectivity index (χ0n) is 9.40. The van der Waals surface area contributed by atoms with Crippen molar-refractivity contribution in [2.45, 2.75) is 0 Å². The van der Waals surface area contributed by atoms with E-state index in [1.165, 1.54) is 0 Å². The van der Waals surface area contributed by atoms with E-state index < -0.39 is 0 Å². The topological polar surface area (TPSA) is 26.3 Å². The van der Waals surface area contributed by atoms with Gasteiger partial charge in [0.05, 0.1) is 5.02 Å². The minimum Gasteiger partial charge on any atom is -0.484 e. The summed E-state index contributed by atoms with van der Waals surface area (Å²) in [5.74, 6) is 0.418. The molecule has 4 heteroatoms. The predicted molar refractivity (Wildman–Crippen MR) is 75.4 cm³/mol. The Labute approximate surface area is 119 Å². The van der Waals surface area contributed by atoms with Gasteiger partial charge in [0, 0.05) is 10.0 Å². The summed E-state index contributed by atoms with van der Waals surface area (Å²) in [6.45, 7) is -0.0354. The van der Waals surface area contributed by atoms with Gasteiger partial charge >= 0.3 is 0 Å². The molecule has 0 aromatic heterocycles. The van der Waals surface area contributed by atoms with Gasteiger partial charge in [-0.05, 0) is 18.2 Å². The minimum atomic E-state index is -0.0950. The molecule has 0 radical (unpaired) electrons. The first-order chi connectivity index (χ1) is 8.68. The summed E-state index contributed by atoms with van der Waals surface area (Å²) in [5.41, 5.74) is 0.601. The molecule has 0 bridgehead atoms. The third-order valence-electron chi connectivity index (χ3n) is 2.37. The molecule has 2 aromatic rings. The van der Waals surface area contributed by atoms with E-state index in [4.69, 9.17) is 16.3 Å². The highest BCUT2D eigenvalue weighted by Crippen LogP contribution is 2.23. The largest absolute Gasteiger partial charge is 0.484 e. The highest BCUT2D eigenvalue weighted by Gasteiger charge is 2.10. The van der Waals surface area contributed by atoms with Gasteiger partial charge in [0.25, 0.3) is 0 Å². The lowest BCUT2D eigenvalue weighted by Crippen LogP contribution is -2.12. The molecule has 0 aliphatic rings. The van der Waals surface area contributed by atoms with Crippen LogP contribution in [0, 0.1) is 0 Å². The van der Waals surface area contributed by atoms with E-state index in [-0.39, 0.29) is 12.4 Å². The average molecular weight is 326 g/mol. The van der Waals surface area contributed by atoms with Gasteiger partial charge in [0.2, 0.25) is 5.78 Å². The van der Waals surface area contributed by atoms with Crippen LogP contribution in [0.15, 0.2) is 53.0 Å². The van der Waals surface area contributed by atoms with E-state index in [2.05, 4.69) is 15.9 Å². The number of rotatable bonds is 4. The van der Waals surface area contributed by atoms with Gasteiger partial charge in [-0.2, -0.15) is 0 Å². The van der Waals surface area contributed by atoms with Crippen molar-refractivity contribution in [3.63, 3.8) is 0 Å². The van der Waals surface area contributed by atoms with Crippen LogP contribution in [0.4, 0.5) is 0 Å².